The van der Waals surface area contributed by atoms with Crippen LogP contribution in [0.25, 0.3) is 16.7 Å². The summed E-state index contributed by atoms with van der Waals surface area (Å²) in [6, 6.07) is 11.4. The molecule has 20 heavy (non-hydrogen) atoms. The molecule has 3 aromatic rings. The summed E-state index contributed by atoms with van der Waals surface area (Å²) in [5.41, 5.74) is 4.28. The minimum atomic E-state index is 0.498. The molecular weight excluding hydrogens is 254 g/mol. The highest BCUT2D eigenvalue weighted by atomic mass is 16.5. The Balaban J connectivity index is 2.13. The first-order valence-corrected chi connectivity index (χ1v) is 6.17. The summed E-state index contributed by atoms with van der Waals surface area (Å²) in [6.45, 7) is 5.22. The molecule has 5 heteroatoms. The van der Waals surface area contributed by atoms with E-state index in [1.165, 1.54) is 6.47 Å². The molecule has 3 rings (SSSR count). The monoisotopic (exact) mass is 266 g/mol. The first-order chi connectivity index (χ1) is 9.69. The second-order valence-corrected chi connectivity index (χ2v) is 4.57. The normalized spacial score (nSPS) is 10.7. The highest BCUT2D eigenvalue weighted by Gasteiger charge is 2.10. The average molecular weight is 266 g/mol. The highest BCUT2D eigenvalue weighted by Crippen LogP contribution is 2.25. The molecule has 0 saturated carbocycles. The first kappa shape index (κ1) is 12.3. The molecule has 0 saturated heterocycles. The molecule has 0 aliphatic heterocycles. The van der Waals surface area contributed by atoms with E-state index >= 15 is 0 Å². The van der Waals surface area contributed by atoms with Crippen molar-refractivity contribution in [3.05, 3.63) is 47.5 Å². The lowest BCUT2D eigenvalue weighted by Crippen LogP contribution is -2.03. The summed E-state index contributed by atoms with van der Waals surface area (Å²) in [4.78, 5) is 11.9. The van der Waals surface area contributed by atoms with Crippen molar-refractivity contribution in [2.75, 3.05) is 0 Å². The Labute approximate surface area is 115 Å². The summed E-state index contributed by atoms with van der Waals surface area (Å²) in [6.07, 6.45) is 0. The number of aromatic nitrogens is 3. The standard InChI is InChI=1S/C15H12N3O2/c1-10-8-15(20-9-19)11(2)7-14(10)18-16-12-5-3-4-6-13(12)17-18/h3-8H,1-2H3. The summed E-state index contributed by atoms with van der Waals surface area (Å²) >= 11 is 0. The topological polar surface area (TPSA) is 57.0 Å². The Kier molecular flexibility index (Phi) is 2.95. The Morgan fingerprint density at radius 2 is 1.70 bits per heavy atom. The number of carbonyl (C=O) groups excluding carboxylic acids is 1. The molecule has 1 radical (unpaired) electrons. The second-order valence-electron chi connectivity index (χ2n) is 4.57. The van der Waals surface area contributed by atoms with Gasteiger partial charge in [0.15, 0.2) is 0 Å². The number of hydrogen-bond acceptors (Lipinski definition) is 4. The molecule has 2 aromatic carbocycles. The molecule has 0 atom stereocenters. The van der Waals surface area contributed by atoms with Crippen LogP contribution < -0.4 is 4.74 Å². The molecule has 0 aliphatic rings. The van der Waals surface area contributed by atoms with E-state index in [0.29, 0.717) is 5.75 Å². The van der Waals surface area contributed by atoms with Crippen LogP contribution >= 0.6 is 0 Å². The molecule has 0 bridgehead atoms. The summed E-state index contributed by atoms with van der Waals surface area (Å²) in [5, 5.41) is 8.90. The highest BCUT2D eigenvalue weighted by molar-refractivity contribution is 5.73. The fraction of sp³-hybridized carbons (Fsp3) is 0.133. The third-order valence-electron chi connectivity index (χ3n) is 3.15. The van der Waals surface area contributed by atoms with Gasteiger partial charge in [-0.15, -0.1) is 10.2 Å². The smallest absolute Gasteiger partial charge is 0.418 e. The van der Waals surface area contributed by atoms with Gasteiger partial charge in [-0.1, -0.05) is 12.1 Å². The van der Waals surface area contributed by atoms with Crippen LogP contribution in [0.3, 0.4) is 0 Å². The third kappa shape index (κ3) is 2.03. The van der Waals surface area contributed by atoms with Gasteiger partial charge in [-0.3, -0.25) is 0 Å². The molecular formula is C15H12N3O2. The van der Waals surface area contributed by atoms with E-state index in [1.54, 1.807) is 10.9 Å². The van der Waals surface area contributed by atoms with Gasteiger partial charge in [0, 0.05) is 0 Å². The van der Waals surface area contributed by atoms with Gasteiger partial charge in [-0.2, -0.15) is 4.80 Å². The summed E-state index contributed by atoms with van der Waals surface area (Å²) in [5.74, 6) is 0.498. The van der Waals surface area contributed by atoms with Crippen LogP contribution in [0.1, 0.15) is 11.1 Å². The van der Waals surface area contributed by atoms with E-state index in [4.69, 9.17) is 4.74 Å². The third-order valence-corrected chi connectivity index (χ3v) is 3.15. The first-order valence-electron chi connectivity index (χ1n) is 6.17. The molecule has 1 heterocycles. The fourth-order valence-corrected chi connectivity index (χ4v) is 2.11. The lowest BCUT2D eigenvalue weighted by Gasteiger charge is -2.09. The van der Waals surface area contributed by atoms with Crippen LogP contribution in [-0.2, 0) is 4.79 Å². The maximum atomic E-state index is 10.3. The number of nitrogens with zero attached hydrogens (tertiary/aromatic N) is 3. The van der Waals surface area contributed by atoms with Gasteiger partial charge in [0.25, 0.3) is 0 Å². The number of aryl methyl sites for hydroxylation is 2. The maximum absolute atomic E-state index is 10.3. The number of benzene rings is 2. The van der Waals surface area contributed by atoms with E-state index in [2.05, 4.69) is 10.2 Å². The Hall–Kier alpha value is -2.69. The van der Waals surface area contributed by atoms with Crippen molar-refractivity contribution in [3.63, 3.8) is 0 Å². The molecule has 0 unspecified atom stereocenters. The van der Waals surface area contributed by atoms with E-state index in [-0.39, 0.29) is 0 Å². The van der Waals surface area contributed by atoms with Crippen molar-refractivity contribution < 1.29 is 9.53 Å². The van der Waals surface area contributed by atoms with Crippen molar-refractivity contribution in [1.82, 2.24) is 15.0 Å². The second kappa shape index (κ2) is 4.77. The number of ether oxygens (including phenoxy) is 1. The van der Waals surface area contributed by atoms with Crippen molar-refractivity contribution in [2.45, 2.75) is 13.8 Å². The molecule has 99 valence electrons. The Morgan fingerprint density at radius 1 is 1.05 bits per heavy atom. The Morgan fingerprint density at radius 3 is 2.30 bits per heavy atom. The minimum absolute atomic E-state index is 0.498. The predicted molar refractivity (Wildman–Crippen MR) is 74.7 cm³/mol. The molecule has 0 fully saturated rings. The Bertz CT molecular complexity index is 760. The van der Waals surface area contributed by atoms with E-state index in [9.17, 15) is 4.79 Å². The molecule has 5 nitrogen and oxygen atoms in total. The molecule has 0 amide bonds. The largest absolute Gasteiger partial charge is 0.423 e. The molecule has 0 aliphatic carbocycles. The fourth-order valence-electron chi connectivity index (χ4n) is 2.11. The van der Waals surface area contributed by atoms with Gasteiger partial charge in [-0.05, 0) is 49.2 Å². The van der Waals surface area contributed by atoms with E-state index in [0.717, 1.165) is 27.8 Å². The quantitative estimate of drug-likeness (QED) is 0.730. The average Bonchev–Trinajstić information content (AvgIpc) is 2.86. The summed E-state index contributed by atoms with van der Waals surface area (Å²) < 4.78 is 4.81. The van der Waals surface area contributed by atoms with Crippen molar-refractivity contribution in [2.24, 2.45) is 0 Å². The molecule has 0 N–H and O–H groups in total. The van der Waals surface area contributed by atoms with Crippen molar-refractivity contribution >= 4 is 17.5 Å². The van der Waals surface area contributed by atoms with Crippen molar-refractivity contribution in [3.8, 4) is 11.4 Å². The zero-order valence-electron chi connectivity index (χ0n) is 11.1. The summed E-state index contributed by atoms with van der Waals surface area (Å²) in [7, 11) is 0. The van der Waals surface area contributed by atoms with Crippen LogP contribution in [0.15, 0.2) is 36.4 Å². The SMILES string of the molecule is Cc1cc(-n2nc3ccccc3n2)c(C)cc1O[C]=O. The predicted octanol–water partition coefficient (Wildman–Crippen LogP) is 2.48. The van der Waals surface area contributed by atoms with E-state index in [1.807, 2.05) is 44.2 Å². The number of rotatable bonds is 3. The molecule has 1 aromatic heterocycles. The number of fused-ring (bicyclic) bond motifs is 1. The van der Waals surface area contributed by atoms with Crippen molar-refractivity contribution in [1.29, 1.82) is 0 Å². The van der Waals surface area contributed by atoms with Gasteiger partial charge in [0.05, 0.1) is 5.69 Å². The molecule has 0 spiro atoms. The van der Waals surface area contributed by atoms with Gasteiger partial charge in [-0.25, -0.2) is 4.79 Å². The van der Waals surface area contributed by atoms with Crippen LogP contribution in [0.2, 0.25) is 0 Å². The van der Waals surface area contributed by atoms with Gasteiger partial charge < -0.3 is 4.74 Å². The van der Waals surface area contributed by atoms with Gasteiger partial charge >= 0.3 is 6.47 Å². The van der Waals surface area contributed by atoms with Crippen LogP contribution in [-0.4, -0.2) is 21.5 Å². The zero-order valence-corrected chi connectivity index (χ0v) is 11.1. The van der Waals surface area contributed by atoms with Crippen LogP contribution in [0.5, 0.6) is 5.75 Å². The maximum Gasteiger partial charge on any atom is 0.423 e. The van der Waals surface area contributed by atoms with Crippen LogP contribution in [0, 0.1) is 13.8 Å². The minimum Gasteiger partial charge on any atom is -0.418 e. The zero-order chi connectivity index (χ0) is 14.1. The van der Waals surface area contributed by atoms with Gasteiger partial charge in [0.2, 0.25) is 0 Å². The number of hydrogen-bond donors (Lipinski definition) is 0. The lowest BCUT2D eigenvalue weighted by molar-refractivity contribution is 0.440. The van der Waals surface area contributed by atoms with E-state index < -0.39 is 0 Å². The lowest BCUT2D eigenvalue weighted by atomic mass is 10.1. The van der Waals surface area contributed by atoms with Gasteiger partial charge in [0.1, 0.15) is 16.8 Å². The van der Waals surface area contributed by atoms with Crippen LogP contribution in [0.4, 0.5) is 0 Å².